The number of amides is 2. The van der Waals surface area contributed by atoms with Gasteiger partial charge in [-0.3, -0.25) is 9.59 Å². The van der Waals surface area contributed by atoms with Crippen molar-refractivity contribution in [3.63, 3.8) is 0 Å². The molecule has 3 N–H and O–H groups in total. The fourth-order valence-corrected chi connectivity index (χ4v) is 9.32. The van der Waals surface area contributed by atoms with Crippen molar-refractivity contribution < 1.29 is 29.3 Å². The lowest BCUT2D eigenvalue weighted by molar-refractivity contribution is -0.163. The number of carbonyl (C=O) groups is 3. The minimum Gasteiger partial charge on any atom is -0.507 e. The van der Waals surface area contributed by atoms with Gasteiger partial charge < -0.3 is 30.1 Å². The molecule has 2 aromatic carbocycles. The van der Waals surface area contributed by atoms with Crippen LogP contribution in [0, 0.1) is 23.7 Å². The van der Waals surface area contributed by atoms with Gasteiger partial charge in [0.25, 0.3) is 11.8 Å². The molecule has 1 heterocycles. The van der Waals surface area contributed by atoms with Gasteiger partial charge in [-0.2, -0.15) is 5.10 Å². The number of ether oxygens (including phenoxy) is 1. The quantitative estimate of drug-likeness (QED) is 0.181. The maximum Gasteiger partial charge on any atom is 0.330 e. The molecule has 11 heteroatoms. The van der Waals surface area contributed by atoms with E-state index in [-0.39, 0.29) is 35.1 Å². The molecule has 0 aliphatic heterocycles. The third-order valence-corrected chi connectivity index (χ3v) is 11.9. The minimum absolute atomic E-state index is 0.0348. The molecule has 4 saturated carbocycles. The monoisotopic (exact) mass is 699 g/mol. The molecule has 0 atom stereocenters. The van der Waals surface area contributed by atoms with Crippen molar-refractivity contribution in [3.05, 3.63) is 59.3 Å². The third kappa shape index (κ3) is 6.72. The number of nitrogens with one attached hydrogen (secondary N) is 1. The van der Waals surface area contributed by atoms with Gasteiger partial charge in [-0.1, -0.05) is 33.8 Å². The first-order valence-corrected chi connectivity index (χ1v) is 18.6. The Labute approximate surface area is 301 Å². The van der Waals surface area contributed by atoms with Crippen LogP contribution in [0.15, 0.2) is 42.5 Å². The van der Waals surface area contributed by atoms with E-state index in [1.54, 1.807) is 39.9 Å². The molecule has 3 aromatic rings. The summed E-state index contributed by atoms with van der Waals surface area (Å²) in [6.45, 7) is 11.8. The second kappa shape index (κ2) is 14.7. The van der Waals surface area contributed by atoms with Crippen molar-refractivity contribution in [3.8, 4) is 28.4 Å². The Kier molecular flexibility index (Phi) is 10.5. The molecule has 51 heavy (non-hydrogen) atoms. The van der Waals surface area contributed by atoms with Gasteiger partial charge in [0.05, 0.1) is 24.1 Å². The summed E-state index contributed by atoms with van der Waals surface area (Å²) in [6, 6.07) is 12.0. The normalized spacial score (nSPS) is 23.5. The van der Waals surface area contributed by atoms with E-state index in [0.717, 1.165) is 63.7 Å². The average Bonchev–Trinajstić information content (AvgIpc) is 3.55. The Morgan fingerprint density at radius 2 is 1.67 bits per heavy atom. The number of rotatable bonds is 14. The highest BCUT2D eigenvalue weighted by Gasteiger charge is 2.62. The Morgan fingerprint density at radius 1 is 1.00 bits per heavy atom. The number of nitrogens with zero attached hydrogens (tertiary/aromatic N) is 4. The number of hydrogen-bond donors (Lipinski definition) is 3. The molecule has 4 aliphatic carbocycles. The lowest BCUT2D eigenvalue weighted by atomic mass is 9.48. The van der Waals surface area contributed by atoms with Crippen LogP contribution < -0.4 is 10.1 Å². The molecule has 274 valence electrons. The molecule has 0 unspecified atom stereocenters. The highest BCUT2D eigenvalue weighted by atomic mass is 16.5. The van der Waals surface area contributed by atoms with E-state index in [2.05, 4.69) is 24.1 Å². The summed E-state index contributed by atoms with van der Waals surface area (Å²) in [4.78, 5) is 45.0. The fourth-order valence-electron chi connectivity index (χ4n) is 9.32. The molecule has 4 bridgehead atoms. The van der Waals surface area contributed by atoms with Crippen molar-refractivity contribution in [1.29, 1.82) is 0 Å². The van der Waals surface area contributed by atoms with Crippen LogP contribution >= 0.6 is 0 Å². The molecular formula is C40H53N5O6. The number of carboxylic acids is 1. The second-order valence-corrected chi connectivity index (χ2v) is 15.1. The summed E-state index contributed by atoms with van der Waals surface area (Å²) in [5.41, 5.74) is 1.44. The van der Waals surface area contributed by atoms with E-state index in [4.69, 9.17) is 9.84 Å². The van der Waals surface area contributed by atoms with Gasteiger partial charge in [0, 0.05) is 19.2 Å². The van der Waals surface area contributed by atoms with Crippen LogP contribution in [0.1, 0.15) is 98.5 Å². The molecule has 0 spiro atoms. The first kappa shape index (κ1) is 36.4. The van der Waals surface area contributed by atoms with Gasteiger partial charge in [0.15, 0.2) is 5.69 Å². The Bertz CT molecular complexity index is 1750. The van der Waals surface area contributed by atoms with Gasteiger partial charge in [0.2, 0.25) is 0 Å². The van der Waals surface area contributed by atoms with E-state index >= 15 is 0 Å². The number of phenols is 1. The lowest BCUT2D eigenvalue weighted by Gasteiger charge is -2.59. The van der Waals surface area contributed by atoms with E-state index < -0.39 is 17.4 Å². The van der Waals surface area contributed by atoms with E-state index in [9.17, 15) is 24.6 Å². The van der Waals surface area contributed by atoms with Crippen LogP contribution in [0.4, 0.5) is 0 Å². The van der Waals surface area contributed by atoms with Crippen molar-refractivity contribution in [2.24, 2.45) is 23.7 Å². The molecule has 7 rings (SSSR count). The van der Waals surface area contributed by atoms with Crippen LogP contribution in [0.25, 0.3) is 16.9 Å². The van der Waals surface area contributed by atoms with Crippen LogP contribution in [0.5, 0.6) is 11.5 Å². The zero-order valence-corrected chi connectivity index (χ0v) is 30.8. The number of aromatic hydroxyl groups is 1. The zero-order chi connectivity index (χ0) is 36.6. The minimum atomic E-state index is -1.34. The summed E-state index contributed by atoms with van der Waals surface area (Å²) in [5, 5.41) is 29.7. The first-order valence-electron chi connectivity index (χ1n) is 18.6. The van der Waals surface area contributed by atoms with E-state index in [1.807, 2.05) is 33.0 Å². The molecule has 1 aromatic heterocycles. The average molecular weight is 700 g/mol. The Hall–Kier alpha value is -4.38. The second-order valence-electron chi connectivity index (χ2n) is 15.1. The van der Waals surface area contributed by atoms with Gasteiger partial charge >= 0.3 is 5.97 Å². The number of phenolic OH excluding ortho intramolecular Hbond substituents is 1. The highest BCUT2D eigenvalue weighted by molar-refractivity contribution is 5.98. The van der Waals surface area contributed by atoms with Crippen molar-refractivity contribution in [1.82, 2.24) is 24.9 Å². The number of aliphatic carboxylic acids is 1. The predicted molar refractivity (Wildman–Crippen MR) is 196 cm³/mol. The van der Waals surface area contributed by atoms with Crippen molar-refractivity contribution in [2.45, 2.75) is 77.7 Å². The Balaban J connectivity index is 1.38. The van der Waals surface area contributed by atoms with Gasteiger partial charge in [-0.25, -0.2) is 9.48 Å². The van der Waals surface area contributed by atoms with E-state index in [1.165, 1.54) is 7.11 Å². The number of methoxy groups -OCH3 is 1. The number of carbonyl (C=O) groups excluding carboxylic acids is 2. The topological polar surface area (TPSA) is 137 Å². The lowest BCUT2D eigenvalue weighted by Crippen LogP contribution is -2.70. The van der Waals surface area contributed by atoms with Gasteiger partial charge in [-0.15, -0.1) is 0 Å². The molecule has 2 amide bonds. The molecule has 0 saturated heterocycles. The van der Waals surface area contributed by atoms with Crippen molar-refractivity contribution in [2.75, 3.05) is 40.3 Å². The van der Waals surface area contributed by atoms with E-state index in [0.29, 0.717) is 46.6 Å². The SMILES string of the molecule is CCN(CC)CCCN(C)C(=O)c1ccc(-n2nc(C(=O)NC3(C(=O)O)C4CC5CC(C4)CC3C5)cc2-c2c(O)cccc2OC)c(C(C)C)c1. The van der Waals surface area contributed by atoms with Gasteiger partial charge in [0.1, 0.15) is 17.0 Å². The summed E-state index contributed by atoms with van der Waals surface area (Å²) >= 11 is 0. The van der Waals surface area contributed by atoms with Crippen LogP contribution in [-0.2, 0) is 4.79 Å². The van der Waals surface area contributed by atoms with Crippen LogP contribution in [0.2, 0.25) is 0 Å². The molecule has 0 radical (unpaired) electrons. The maximum absolute atomic E-state index is 14.2. The van der Waals surface area contributed by atoms with Crippen molar-refractivity contribution >= 4 is 17.8 Å². The molecular weight excluding hydrogens is 646 g/mol. The smallest absolute Gasteiger partial charge is 0.330 e. The molecule has 4 aliphatic rings. The Morgan fingerprint density at radius 3 is 2.25 bits per heavy atom. The van der Waals surface area contributed by atoms with Gasteiger partial charge in [-0.05, 0) is 130 Å². The fraction of sp³-hybridized carbons (Fsp3) is 0.550. The summed E-state index contributed by atoms with van der Waals surface area (Å²) in [7, 11) is 3.33. The summed E-state index contributed by atoms with van der Waals surface area (Å²) < 4.78 is 7.26. The summed E-state index contributed by atoms with van der Waals surface area (Å²) in [5.74, 6) is -0.544. The van der Waals surface area contributed by atoms with Crippen LogP contribution in [0.3, 0.4) is 0 Å². The zero-order valence-electron chi connectivity index (χ0n) is 30.8. The standard InChI is InChI=1S/C40H53N5O6/c1-7-44(8-2)16-10-15-43(5)38(48)27-13-14-32(30(22-27)24(3)4)45-33(36-34(46)11-9-12-35(36)51-6)23-31(42-45)37(47)41-40(39(49)50)28-18-25-17-26(20-28)21-29(40)19-25/h9,11-14,22-26,28-29,46H,7-8,10,15-21H2,1-6H3,(H,41,47)(H,49,50). The third-order valence-electron chi connectivity index (χ3n) is 11.9. The number of benzene rings is 2. The maximum atomic E-state index is 14.2. The molecule has 11 nitrogen and oxygen atoms in total. The highest BCUT2D eigenvalue weighted by Crippen LogP contribution is 2.58. The van der Waals surface area contributed by atoms with Crippen LogP contribution in [-0.4, -0.2) is 93.5 Å². The number of carboxylic acid groups (broad SMARTS) is 1. The number of aromatic nitrogens is 2. The molecule has 4 fully saturated rings. The largest absolute Gasteiger partial charge is 0.507 e. The summed E-state index contributed by atoms with van der Waals surface area (Å²) in [6.07, 6.45) is 5.26. The first-order chi connectivity index (χ1) is 24.4. The number of hydrogen-bond acceptors (Lipinski definition) is 7. The predicted octanol–water partition coefficient (Wildman–Crippen LogP) is 6.19.